The number of nitriles is 3. The van der Waals surface area contributed by atoms with Crippen molar-refractivity contribution >= 4 is 11.6 Å². The van der Waals surface area contributed by atoms with E-state index in [4.69, 9.17) is 5.73 Å². The van der Waals surface area contributed by atoms with Gasteiger partial charge in [0, 0.05) is 18.7 Å². The van der Waals surface area contributed by atoms with Crippen molar-refractivity contribution in [3.05, 3.63) is 52.7 Å². The summed E-state index contributed by atoms with van der Waals surface area (Å²) in [6.07, 6.45) is 3.22. The molecule has 1 amide bonds. The summed E-state index contributed by atoms with van der Waals surface area (Å²) in [4.78, 5) is 15.5. The Kier molecular flexibility index (Phi) is 4.32. The zero-order valence-electron chi connectivity index (χ0n) is 18.2. The average molecular weight is 412 g/mol. The summed E-state index contributed by atoms with van der Waals surface area (Å²) in [6.45, 7) is 6.46. The average Bonchev–Trinajstić information content (AvgIpc) is 2.97. The number of anilines is 1. The maximum absolute atomic E-state index is 13.9. The fraction of sp³-hybridized carbons (Fsp3) is 0.440. The predicted octanol–water partition coefficient (Wildman–Crippen LogP) is 3.68. The molecule has 156 valence electrons. The van der Waals surface area contributed by atoms with Gasteiger partial charge >= 0.3 is 0 Å². The number of hydrogen-bond donors (Lipinski definition) is 1. The van der Waals surface area contributed by atoms with Crippen LogP contribution >= 0.6 is 0 Å². The van der Waals surface area contributed by atoms with E-state index in [1.165, 1.54) is 0 Å². The number of amides is 1. The highest BCUT2D eigenvalue weighted by Crippen LogP contribution is 2.63. The van der Waals surface area contributed by atoms with Crippen LogP contribution in [0.25, 0.3) is 0 Å². The standard InChI is InChI=1S/C25H25N5O/c1-23(2,3)15-9-10-16-18(11-15)25(19(12-26)21(29)24(16,13-27)14-28)17-7-5-6-8-20(17)30(4)22(25)31/h5-8,10,15,18H,9,11,29H2,1-4H3/t15-,18+,25-/m1/s1. The summed E-state index contributed by atoms with van der Waals surface area (Å²) in [5.41, 5.74) is 5.27. The largest absolute Gasteiger partial charge is 0.399 e. The van der Waals surface area contributed by atoms with Crippen LogP contribution in [0.15, 0.2) is 47.2 Å². The molecule has 1 heterocycles. The van der Waals surface area contributed by atoms with Crippen LogP contribution in [-0.2, 0) is 10.2 Å². The lowest BCUT2D eigenvalue weighted by molar-refractivity contribution is -0.123. The summed E-state index contributed by atoms with van der Waals surface area (Å²) in [6, 6.07) is 13.8. The number of likely N-dealkylation sites (N-methyl/N-ethyl adjacent to an activating group) is 1. The molecule has 6 heteroatoms. The van der Waals surface area contributed by atoms with Gasteiger partial charge in [0.25, 0.3) is 0 Å². The van der Waals surface area contributed by atoms with E-state index in [-0.39, 0.29) is 28.5 Å². The van der Waals surface area contributed by atoms with Gasteiger partial charge < -0.3 is 10.6 Å². The molecular weight excluding hydrogens is 386 g/mol. The molecule has 0 fully saturated rings. The number of benzene rings is 1. The predicted molar refractivity (Wildman–Crippen MR) is 116 cm³/mol. The molecule has 1 aliphatic heterocycles. The molecule has 2 aliphatic carbocycles. The number of allylic oxidation sites excluding steroid dienone is 2. The molecule has 1 aromatic carbocycles. The zero-order valence-corrected chi connectivity index (χ0v) is 18.2. The van der Waals surface area contributed by atoms with Crippen molar-refractivity contribution in [2.24, 2.45) is 28.4 Å². The van der Waals surface area contributed by atoms with Gasteiger partial charge in [-0.1, -0.05) is 45.0 Å². The fourth-order valence-electron chi connectivity index (χ4n) is 5.77. The molecule has 0 unspecified atom stereocenters. The van der Waals surface area contributed by atoms with Crippen LogP contribution in [-0.4, -0.2) is 13.0 Å². The molecule has 6 nitrogen and oxygen atoms in total. The van der Waals surface area contributed by atoms with Gasteiger partial charge in [-0.05, 0) is 41.4 Å². The molecule has 1 aromatic rings. The quantitative estimate of drug-likeness (QED) is 0.653. The molecule has 0 bridgehead atoms. The first-order chi connectivity index (χ1) is 14.6. The molecule has 0 radical (unpaired) electrons. The Hall–Kier alpha value is -3.56. The lowest BCUT2D eigenvalue weighted by Gasteiger charge is -2.50. The number of nitrogens with zero attached hydrogens (tertiary/aromatic N) is 4. The van der Waals surface area contributed by atoms with E-state index in [2.05, 4.69) is 39.0 Å². The van der Waals surface area contributed by atoms with E-state index in [1.54, 1.807) is 11.9 Å². The summed E-state index contributed by atoms with van der Waals surface area (Å²) < 4.78 is 0. The molecule has 0 saturated carbocycles. The normalized spacial score (nSPS) is 28.9. The third-order valence-corrected chi connectivity index (χ3v) is 7.55. The van der Waals surface area contributed by atoms with Gasteiger partial charge in [0.2, 0.25) is 11.3 Å². The minimum Gasteiger partial charge on any atom is -0.399 e. The van der Waals surface area contributed by atoms with E-state index in [1.807, 2.05) is 30.3 Å². The third-order valence-electron chi connectivity index (χ3n) is 7.55. The SMILES string of the molecule is CN1C(=O)[C@]2(C(C#N)=C(N)C(C#N)(C#N)C3=CC[C@@H](C(C)(C)C)C[C@@H]32)c2ccccc21. The number of para-hydroxylation sites is 1. The number of carbonyl (C=O) groups is 1. The Bertz CT molecular complexity index is 1170. The first-order valence-corrected chi connectivity index (χ1v) is 10.4. The fourth-order valence-corrected chi connectivity index (χ4v) is 5.77. The number of fused-ring (bicyclic) bond motifs is 4. The summed E-state index contributed by atoms with van der Waals surface area (Å²) in [7, 11) is 1.70. The highest BCUT2D eigenvalue weighted by atomic mass is 16.2. The third kappa shape index (κ3) is 2.32. The lowest BCUT2D eigenvalue weighted by atomic mass is 9.49. The second-order valence-electron chi connectivity index (χ2n) is 9.81. The first-order valence-electron chi connectivity index (χ1n) is 10.4. The molecule has 0 aromatic heterocycles. The first kappa shape index (κ1) is 20.7. The molecule has 2 N–H and O–H groups in total. The van der Waals surface area contributed by atoms with E-state index >= 15 is 0 Å². The number of carbonyl (C=O) groups excluding carboxylic acids is 1. The van der Waals surface area contributed by atoms with Gasteiger partial charge in [-0.25, -0.2) is 0 Å². The Morgan fingerprint density at radius 3 is 2.39 bits per heavy atom. The maximum Gasteiger partial charge on any atom is 0.243 e. The van der Waals surface area contributed by atoms with Crippen molar-refractivity contribution in [1.82, 2.24) is 0 Å². The Morgan fingerprint density at radius 1 is 1.16 bits per heavy atom. The topological polar surface area (TPSA) is 118 Å². The smallest absolute Gasteiger partial charge is 0.243 e. The van der Waals surface area contributed by atoms with Crippen LogP contribution in [0.1, 0.15) is 39.2 Å². The van der Waals surface area contributed by atoms with Gasteiger partial charge in [-0.3, -0.25) is 4.79 Å². The van der Waals surface area contributed by atoms with Gasteiger partial charge in [0.15, 0.2) is 0 Å². The van der Waals surface area contributed by atoms with Gasteiger partial charge in [-0.2, -0.15) is 15.8 Å². The molecular formula is C25H25N5O. The molecule has 0 saturated heterocycles. The van der Waals surface area contributed by atoms with Crippen molar-refractivity contribution in [3.8, 4) is 18.2 Å². The minimum atomic E-state index is -1.74. The Morgan fingerprint density at radius 2 is 1.81 bits per heavy atom. The van der Waals surface area contributed by atoms with Gasteiger partial charge in [-0.15, -0.1) is 0 Å². The second-order valence-corrected chi connectivity index (χ2v) is 9.81. The van der Waals surface area contributed by atoms with Crippen LogP contribution in [0.5, 0.6) is 0 Å². The van der Waals surface area contributed by atoms with Gasteiger partial charge in [0.05, 0.1) is 29.5 Å². The number of rotatable bonds is 0. The molecule has 1 spiro atoms. The van der Waals surface area contributed by atoms with Crippen LogP contribution in [0.4, 0.5) is 5.69 Å². The van der Waals surface area contributed by atoms with Crippen LogP contribution in [0.2, 0.25) is 0 Å². The van der Waals surface area contributed by atoms with E-state index in [0.29, 0.717) is 18.4 Å². The monoisotopic (exact) mass is 411 g/mol. The van der Waals surface area contributed by atoms with E-state index < -0.39 is 16.7 Å². The number of hydrogen-bond acceptors (Lipinski definition) is 5. The van der Waals surface area contributed by atoms with Crippen LogP contribution in [0.3, 0.4) is 0 Å². The maximum atomic E-state index is 13.9. The van der Waals surface area contributed by atoms with Crippen molar-refractivity contribution in [3.63, 3.8) is 0 Å². The molecule has 3 aliphatic rings. The summed E-state index contributed by atoms with van der Waals surface area (Å²) in [5.74, 6) is -0.508. The molecule has 31 heavy (non-hydrogen) atoms. The van der Waals surface area contributed by atoms with Crippen molar-refractivity contribution in [1.29, 1.82) is 15.8 Å². The van der Waals surface area contributed by atoms with Crippen molar-refractivity contribution < 1.29 is 4.79 Å². The van der Waals surface area contributed by atoms with Crippen LogP contribution in [0, 0.1) is 56.7 Å². The van der Waals surface area contributed by atoms with Crippen LogP contribution < -0.4 is 10.6 Å². The second kappa shape index (κ2) is 6.47. The molecule has 4 rings (SSSR count). The van der Waals surface area contributed by atoms with E-state index in [0.717, 1.165) is 11.3 Å². The van der Waals surface area contributed by atoms with Crippen molar-refractivity contribution in [2.45, 2.75) is 39.0 Å². The number of nitrogens with two attached hydrogens (primary N) is 1. The zero-order chi connectivity index (χ0) is 22.8. The summed E-state index contributed by atoms with van der Waals surface area (Å²) >= 11 is 0. The Balaban J connectivity index is 2.15. The van der Waals surface area contributed by atoms with E-state index in [9.17, 15) is 20.6 Å². The Labute approximate surface area is 182 Å². The molecule has 3 atom stereocenters. The highest BCUT2D eigenvalue weighted by Gasteiger charge is 2.66. The minimum absolute atomic E-state index is 0.0362. The highest BCUT2D eigenvalue weighted by molar-refractivity contribution is 6.11. The lowest BCUT2D eigenvalue weighted by Crippen LogP contribution is -2.55. The van der Waals surface area contributed by atoms with Gasteiger partial charge in [0.1, 0.15) is 5.41 Å². The van der Waals surface area contributed by atoms with Crippen molar-refractivity contribution in [2.75, 3.05) is 11.9 Å². The summed E-state index contributed by atoms with van der Waals surface area (Å²) in [5, 5.41) is 30.5.